The van der Waals surface area contributed by atoms with Crippen molar-refractivity contribution in [3.8, 4) is 0 Å². The van der Waals surface area contributed by atoms with Crippen molar-refractivity contribution in [2.75, 3.05) is 6.54 Å². The molecule has 1 aromatic heterocycles. The molecule has 1 aliphatic heterocycles. The van der Waals surface area contributed by atoms with Crippen LogP contribution in [0.5, 0.6) is 0 Å². The van der Waals surface area contributed by atoms with Gasteiger partial charge in [0.2, 0.25) is 0 Å². The van der Waals surface area contributed by atoms with Gasteiger partial charge in [-0.05, 0) is 43.9 Å². The van der Waals surface area contributed by atoms with E-state index in [9.17, 15) is 14.0 Å². The summed E-state index contributed by atoms with van der Waals surface area (Å²) in [5, 5.41) is 0. The van der Waals surface area contributed by atoms with E-state index in [1.807, 2.05) is 6.07 Å². The molecule has 1 aromatic carbocycles. The van der Waals surface area contributed by atoms with E-state index in [2.05, 4.69) is 4.90 Å². The third-order valence-corrected chi connectivity index (χ3v) is 6.40. The molecule has 2 aliphatic rings. The fraction of sp³-hybridized carbons (Fsp3) is 0.400. The highest BCUT2D eigenvalue weighted by molar-refractivity contribution is 7.14. The molecule has 0 bridgehead atoms. The second-order valence-electron chi connectivity index (χ2n) is 6.94. The molecule has 0 spiro atoms. The van der Waals surface area contributed by atoms with Crippen molar-refractivity contribution in [2.45, 2.75) is 38.8 Å². The number of carbonyl (C=O) groups is 2. The van der Waals surface area contributed by atoms with Crippen LogP contribution in [0, 0.1) is 11.7 Å². The van der Waals surface area contributed by atoms with E-state index < -0.39 is 6.04 Å². The molecule has 1 atom stereocenters. The Hall–Kier alpha value is -1.85. The van der Waals surface area contributed by atoms with Crippen LogP contribution in [0.1, 0.15) is 51.5 Å². The van der Waals surface area contributed by atoms with E-state index in [4.69, 9.17) is 0 Å². The Balaban J connectivity index is 1.67. The topological polar surface area (TPSA) is 37.4 Å². The van der Waals surface area contributed by atoms with Crippen LogP contribution in [0.3, 0.4) is 0 Å². The Kier molecular flexibility index (Phi) is 4.29. The zero-order valence-electron chi connectivity index (χ0n) is 14.1. The molecule has 1 aliphatic carbocycles. The first-order valence-corrected chi connectivity index (χ1v) is 9.51. The first-order valence-electron chi connectivity index (χ1n) is 8.69. The summed E-state index contributed by atoms with van der Waals surface area (Å²) in [5.41, 5.74) is 1.58. The van der Waals surface area contributed by atoms with Crippen molar-refractivity contribution in [2.24, 2.45) is 5.92 Å². The molecule has 0 saturated heterocycles. The van der Waals surface area contributed by atoms with E-state index >= 15 is 0 Å². The number of halogens is 1. The molecule has 3 nitrogen and oxygen atoms in total. The monoisotopic (exact) mass is 357 g/mol. The van der Waals surface area contributed by atoms with Crippen molar-refractivity contribution in [1.29, 1.82) is 0 Å². The number of Topliss-reactive ketones (excluding diaryl/α,β-unsaturated/α-hetero) is 2. The molecule has 0 radical (unpaired) electrons. The fourth-order valence-corrected chi connectivity index (χ4v) is 4.62. The minimum Gasteiger partial charge on any atom is -0.297 e. The van der Waals surface area contributed by atoms with E-state index in [0.29, 0.717) is 18.7 Å². The average molecular weight is 357 g/mol. The predicted octanol–water partition coefficient (Wildman–Crippen LogP) is 4.17. The molecule has 1 unspecified atom stereocenters. The van der Waals surface area contributed by atoms with Gasteiger partial charge in [-0.3, -0.25) is 14.5 Å². The van der Waals surface area contributed by atoms with Gasteiger partial charge >= 0.3 is 0 Å². The third-order valence-electron chi connectivity index (χ3n) is 5.06. The lowest BCUT2D eigenvalue weighted by Crippen LogP contribution is -2.38. The molecule has 5 heteroatoms. The Labute approximate surface area is 150 Å². The Morgan fingerprint density at radius 1 is 1.28 bits per heavy atom. The maximum absolute atomic E-state index is 14.4. The number of benzene rings is 1. The number of rotatable bonds is 5. The molecule has 0 amide bonds. The number of thiophene rings is 1. The summed E-state index contributed by atoms with van der Waals surface area (Å²) in [7, 11) is 0. The van der Waals surface area contributed by atoms with Crippen LogP contribution in [-0.2, 0) is 17.8 Å². The largest absolute Gasteiger partial charge is 0.297 e. The second kappa shape index (κ2) is 6.46. The zero-order valence-corrected chi connectivity index (χ0v) is 14.9. The molecular formula is C20H20FNO2S. The van der Waals surface area contributed by atoms with Crippen molar-refractivity contribution in [3.05, 3.63) is 57.0 Å². The summed E-state index contributed by atoms with van der Waals surface area (Å²) in [6.07, 6.45) is 2.63. The summed E-state index contributed by atoms with van der Waals surface area (Å²) in [6.45, 7) is 2.88. The first kappa shape index (κ1) is 16.6. The van der Waals surface area contributed by atoms with Gasteiger partial charge in [-0.15, -0.1) is 11.3 Å². The molecular weight excluding hydrogens is 337 g/mol. The highest BCUT2D eigenvalue weighted by Gasteiger charge is 2.40. The van der Waals surface area contributed by atoms with Crippen LogP contribution in [0.2, 0.25) is 0 Å². The van der Waals surface area contributed by atoms with Gasteiger partial charge in [0.05, 0.1) is 10.9 Å². The number of carbonyl (C=O) groups excluding carboxylic acids is 2. The van der Waals surface area contributed by atoms with Gasteiger partial charge in [-0.2, -0.15) is 0 Å². The molecule has 2 aromatic rings. The second-order valence-corrected chi connectivity index (χ2v) is 8.07. The summed E-state index contributed by atoms with van der Waals surface area (Å²) >= 11 is 1.55. The lowest BCUT2D eigenvalue weighted by molar-refractivity contribution is -0.126. The lowest BCUT2D eigenvalue weighted by atomic mass is 9.95. The molecule has 1 saturated carbocycles. The predicted molar refractivity (Wildman–Crippen MR) is 95.3 cm³/mol. The van der Waals surface area contributed by atoms with Crippen LogP contribution in [0.4, 0.5) is 4.39 Å². The normalized spacial score (nSPS) is 18.6. The minimum absolute atomic E-state index is 0.0706. The maximum atomic E-state index is 14.4. The average Bonchev–Trinajstić information content (AvgIpc) is 3.35. The van der Waals surface area contributed by atoms with Crippen molar-refractivity contribution < 1.29 is 14.0 Å². The fourth-order valence-electron chi connectivity index (χ4n) is 3.57. The van der Waals surface area contributed by atoms with E-state index in [0.717, 1.165) is 29.7 Å². The van der Waals surface area contributed by atoms with Gasteiger partial charge in [0.25, 0.3) is 0 Å². The third kappa shape index (κ3) is 3.18. The van der Waals surface area contributed by atoms with Gasteiger partial charge in [0, 0.05) is 29.4 Å². The molecule has 130 valence electrons. The van der Waals surface area contributed by atoms with E-state index in [1.165, 1.54) is 10.9 Å². The van der Waals surface area contributed by atoms with E-state index in [-0.39, 0.29) is 23.3 Å². The molecule has 25 heavy (non-hydrogen) atoms. The number of hydrogen-bond donors (Lipinski definition) is 0. The van der Waals surface area contributed by atoms with Crippen LogP contribution in [0.15, 0.2) is 30.3 Å². The highest BCUT2D eigenvalue weighted by atomic mass is 32.1. The molecule has 1 fully saturated rings. The maximum Gasteiger partial charge on any atom is 0.169 e. The number of nitrogens with zero attached hydrogens (tertiary/aromatic N) is 1. The summed E-state index contributed by atoms with van der Waals surface area (Å²) in [5.74, 6) is -0.0375. The number of hydrogen-bond acceptors (Lipinski definition) is 4. The zero-order chi connectivity index (χ0) is 17.6. The Morgan fingerprint density at radius 3 is 2.72 bits per heavy atom. The van der Waals surface area contributed by atoms with Gasteiger partial charge < -0.3 is 0 Å². The Bertz CT molecular complexity index is 840. The number of ketones is 2. The lowest BCUT2D eigenvalue weighted by Gasteiger charge is -2.34. The van der Waals surface area contributed by atoms with Crippen molar-refractivity contribution >= 4 is 22.9 Å². The van der Waals surface area contributed by atoms with Crippen LogP contribution in [0.25, 0.3) is 0 Å². The van der Waals surface area contributed by atoms with Crippen molar-refractivity contribution in [1.82, 2.24) is 4.90 Å². The van der Waals surface area contributed by atoms with Gasteiger partial charge in [-0.1, -0.05) is 18.2 Å². The molecule has 0 N–H and O–H groups in total. The van der Waals surface area contributed by atoms with Gasteiger partial charge in [0.15, 0.2) is 11.6 Å². The van der Waals surface area contributed by atoms with Crippen LogP contribution in [-0.4, -0.2) is 23.0 Å². The van der Waals surface area contributed by atoms with E-state index in [1.54, 1.807) is 36.5 Å². The summed E-state index contributed by atoms with van der Waals surface area (Å²) in [6, 6.07) is 8.01. The minimum atomic E-state index is -0.525. The van der Waals surface area contributed by atoms with Gasteiger partial charge in [-0.25, -0.2) is 4.39 Å². The number of fused-ring (bicyclic) bond motifs is 1. The Morgan fingerprint density at radius 2 is 2.04 bits per heavy atom. The summed E-state index contributed by atoms with van der Waals surface area (Å²) in [4.78, 5) is 28.6. The smallest absolute Gasteiger partial charge is 0.169 e. The first-order chi connectivity index (χ1) is 12.0. The standard InChI is InChI=1S/C20H20FNO2S/c1-12(23)18-10-14-11-22(9-8-17(14)25-18)19(20(24)13-6-7-13)15-4-2-3-5-16(15)21/h2-5,10,13,19H,6-9,11H2,1H3. The SMILES string of the molecule is CC(=O)c1cc2c(s1)CCN(C(C(=O)C1CC1)c1ccccc1F)C2. The van der Waals surface area contributed by atoms with Gasteiger partial charge in [0.1, 0.15) is 5.82 Å². The quantitative estimate of drug-likeness (QED) is 0.754. The molecule has 2 heterocycles. The van der Waals surface area contributed by atoms with Crippen molar-refractivity contribution in [3.63, 3.8) is 0 Å². The van der Waals surface area contributed by atoms with Crippen LogP contribution < -0.4 is 0 Å². The summed E-state index contributed by atoms with van der Waals surface area (Å²) < 4.78 is 14.4. The highest BCUT2D eigenvalue weighted by Crippen LogP contribution is 2.40. The molecule has 4 rings (SSSR count). The van der Waals surface area contributed by atoms with Crippen LogP contribution >= 0.6 is 11.3 Å².